The molecule has 1 aliphatic rings. The molecule has 0 spiro atoms. The van der Waals surface area contributed by atoms with Crippen molar-refractivity contribution in [3.8, 4) is 0 Å². The highest BCUT2D eigenvalue weighted by molar-refractivity contribution is 5.74. The van der Waals surface area contributed by atoms with Crippen LogP contribution >= 0.6 is 0 Å². The molecule has 3 heterocycles. The van der Waals surface area contributed by atoms with Crippen molar-refractivity contribution < 1.29 is 14.3 Å². The first-order valence-electron chi connectivity index (χ1n) is 9.12. The second kappa shape index (κ2) is 8.35. The van der Waals surface area contributed by atoms with Gasteiger partial charge in [0.1, 0.15) is 5.52 Å². The van der Waals surface area contributed by atoms with Crippen molar-refractivity contribution in [1.29, 1.82) is 0 Å². The molecular formula is C18H27N5O3. The van der Waals surface area contributed by atoms with Gasteiger partial charge in [0, 0.05) is 31.9 Å². The number of amides is 1. The average molecular weight is 361 g/mol. The Balaban J connectivity index is 1.75. The molecule has 2 unspecified atom stereocenters. The molecule has 2 aromatic rings. The number of rotatable bonds is 6. The minimum Gasteiger partial charge on any atom is -0.453 e. The Morgan fingerprint density at radius 2 is 2.31 bits per heavy atom. The highest BCUT2D eigenvalue weighted by atomic mass is 16.5. The van der Waals surface area contributed by atoms with Crippen molar-refractivity contribution in [1.82, 2.24) is 19.4 Å². The van der Waals surface area contributed by atoms with Gasteiger partial charge in [-0.25, -0.2) is 14.8 Å². The van der Waals surface area contributed by atoms with E-state index in [0.29, 0.717) is 32.8 Å². The molecule has 1 fully saturated rings. The van der Waals surface area contributed by atoms with Crippen LogP contribution in [-0.4, -0.2) is 65.0 Å². The van der Waals surface area contributed by atoms with Gasteiger partial charge in [-0.15, -0.1) is 0 Å². The van der Waals surface area contributed by atoms with Gasteiger partial charge in [0.15, 0.2) is 5.65 Å². The molecule has 0 aromatic carbocycles. The van der Waals surface area contributed by atoms with Gasteiger partial charge in [0.2, 0.25) is 5.95 Å². The van der Waals surface area contributed by atoms with Gasteiger partial charge >= 0.3 is 6.09 Å². The van der Waals surface area contributed by atoms with E-state index < -0.39 is 0 Å². The first kappa shape index (κ1) is 18.4. The molecule has 1 aliphatic heterocycles. The average Bonchev–Trinajstić information content (AvgIpc) is 3.00. The molecule has 0 radical (unpaired) electrons. The van der Waals surface area contributed by atoms with Gasteiger partial charge in [-0.3, -0.25) is 4.57 Å². The number of carbonyl (C=O) groups is 1. The molecule has 1 saturated heterocycles. The van der Waals surface area contributed by atoms with Crippen LogP contribution in [0.5, 0.6) is 0 Å². The van der Waals surface area contributed by atoms with Crippen molar-refractivity contribution in [3.05, 3.63) is 18.3 Å². The van der Waals surface area contributed by atoms with E-state index in [-0.39, 0.29) is 18.1 Å². The number of methoxy groups -OCH3 is 1. The molecule has 26 heavy (non-hydrogen) atoms. The van der Waals surface area contributed by atoms with Crippen LogP contribution in [0.25, 0.3) is 11.2 Å². The molecule has 2 atom stereocenters. The predicted octanol–water partition coefficient (Wildman–Crippen LogP) is 2.36. The fraction of sp³-hybridized carbons (Fsp3) is 0.611. The van der Waals surface area contributed by atoms with E-state index in [1.165, 1.54) is 7.11 Å². The van der Waals surface area contributed by atoms with E-state index in [9.17, 15) is 4.79 Å². The van der Waals surface area contributed by atoms with Gasteiger partial charge in [-0.05, 0) is 31.4 Å². The van der Waals surface area contributed by atoms with Crippen LogP contribution in [0.4, 0.5) is 10.7 Å². The summed E-state index contributed by atoms with van der Waals surface area (Å²) in [5, 5.41) is 3.57. The topological polar surface area (TPSA) is 81.5 Å². The Hall–Kier alpha value is -2.35. The number of fused-ring (bicyclic) bond motifs is 1. The summed E-state index contributed by atoms with van der Waals surface area (Å²) in [6.45, 7) is 7.46. The van der Waals surface area contributed by atoms with Crippen molar-refractivity contribution in [3.63, 3.8) is 0 Å². The monoisotopic (exact) mass is 361 g/mol. The number of aromatic nitrogens is 3. The Labute approximate surface area is 153 Å². The summed E-state index contributed by atoms with van der Waals surface area (Å²) in [5.41, 5.74) is 1.72. The van der Waals surface area contributed by atoms with E-state index in [2.05, 4.69) is 21.8 Å². The van der Waals surface area contributed by atoms with Crippen LogP contribution in [0.15, 0.2) is 18.3 Å². The number of imidazole rings is 1. The zero-order valence-corrected chi connectivity index (χ0v) is 15.6. The van der Waals surface area contributed by atoms with Crippen molar-refractivity contribution in [2.45, 2.75) is 32.9 Å². The molecule has 142 valence electrons. The van der Waals surface area contributed by atoms with E-state index in [4.69, 9.17) is 14.5 Å². The van der Waals surface area contributed by atoms with E-state index in [1.807, 2.05) is 19.1 Å². The molecule has 0 aliphatic carbocycles. The highest BCUT2D eigenvalue weighted by Crippen LogP contribution is 2.24. The lowest BCUT2D eigenvalue weighted by molar-refractivity contribution is 0.101. The normalized spacial score (nSPS) is 20.3. The predicted molar refractivity (Wildman–Crippen MR) is 99.2 cm³/mol. The largest absolute Gasteiger partial charge is 0.453 e. The first-order chi connectivity index (χ1) is 12.6. The SMILES string of the molecule is CCOCCn1c(NC2CCN(C(=O)OC)CC2C)nc2cccnc21. The van der Waals surface area contributed by atoms with Crippen LogP contribution in [0.1, 0.15) is 20.3 Å². The quantitative estimate of drug-likeness (QED) is 0.796. The number of hydrogen-bond acceptors (Lipinski definition) is 6. The van der Waals surface area contributed by atoms with Crippen molar-refractivity contribution >= 4 is 23.2 Å². The van der Waals surface area contributed by atoms with Gasteiger partial charge in [0.05, 0.1) is 20.3 Å². The Morgan fingerprint density at radius 1 is 1.46 bits per heavy atom. The zero-order chi connectivity index (χ0) is 18.5. The van der Waals surface area contributed by atoms with Gasteiger partial charge in [-0.2, -0.15) is 0 Å². The minimum atomic E-state index is -0.261. The lowest BCUT2D eigenvalue weighted by atomic mass is 9.94. The lowest BCUT2D eigenvalue weighted by Gasteiger charge is -2.36. The van der Waals surface area contributed by atoms with Gasteiger partial charge in [-0.1, -0.05) is 6.92 Å². The van der Waals surface area contributed by atoms with Crippen LogP contribution in [0.2, 0.25) is 0 Å². The van der Waals surface area contributed by atoms with E-state index >= 15 is 0 Å². The lowest BCUT2D eigenvalue weighted by Crippen LogP contribution is -2.47. The summed E-state index contributed by atoms with van der Waals surface area (Å²) >= 11 is 0. The Kier molecular flexibility index (Phi) is 5.92. The Bertz CT molecular complexity index is 748. The number of anilines is 1. The number of hydrogen-bond donors (Lipinski definition) is 1. The fourth-order valence-corrected chi connectivity index (χ4v) is 3.40. The number of carbonyl (C=O) groups excluding carboxylic acids is 1. The summed E-state index contributed by atoms with van der Waals surface area (Å²) in [5.74, 6) is 1.10. The Morgan fingerprint density at radius 3 is 3.04 bits per heavy atom. The fourth-order valence-electron chi connectivity index (χ4n) is 3.40. The van der Waals surface area contributed by atoms with E-state index in [1.54, 1.807) is 11.1 Å². The third kappa shape index (κ3) is 3.90. The maximum absolute atomic E-state index is 11.7. The first-order valence-corrected chi connectivity index (χ1v) is 9.12. The number of nitrogens with zero attached hydrogens (tertiary/aromatic N) is 4. The number of ether oxygens (including phenoxy) is 2. The smallest absolute Gasteiger partial charge is 0.409 e. The number of piperidine rings is 1. The summed E-state index contributed by atoms with van der Waals surface area (Å²) < 4.78 is 12.4. The van der Waals surface area contributed by atoms with Crippen LogP contribution < -0.4 is 5.32 Å². The van der Waals surface area contributed by atoms with Crippen LogP contribution in [0, 0.1) is 5.92 Å². The summed E-state index contributed by atoms with van der Waals surface area (Å²) in [4.78, 5) is 22.7. The van der Waals surface area contributed by atoms with E-state index in [0.717, 1.165) is 23.5 Å². The molecule has 3 rings (SSSR count). The highest BCUT2D eigenvalue weighted by Gasteiger charge is 2.30. The number of nitrogens with one attached hydrogen (secondary N) is 1. The zero-order valence-electron chi connectivity index (χ0n) is 15.6. The summed E-state index contributed by atoms with van der Waals surface area (Å²) in [6, 6.07) is 4.09. The second-order valence-electron chi connectivity index (χ2n) is 6.56. The molecule has 1 N–H and O–H groups in total. The molecule has 0 saturated carbocycles. The molecule has 8 nitrogen and oxygen atoms in total. The molecule has 8 heteroatoms. The van der Waals surface area contributed by atoms with Crippen LogP contribution in [-0.2, 0) is 16.0 Å². The van der Waals surface area contributed by atoms with Gasteiger partial charge < -0.3 is 19.7 Å². The third-order valence-corrected chi connectivity index (χ3v) is 4.82. The minimum absolute atomic E-state index is 0.235. The molecule has 1 amide bonds. The molecule has 0 bridgehead atoms. The maximum atomic E-state index is 11.7. The summed E-state index contributed by atoms with van der Waals surface area (Å²) in [6.07, 6.45) is 2.37. The van der Waals surface area contributed by atoms with Crippen molar-refractivity contribution in [2.24, 2.45) is 5.92 Å². The second-order valence-corrected chi connectivity index (χ2v) is 6.56. The summed E-state index contributed by atoms with van der Waals surface area (Å²) in [7, 11) is 1.42. The molecule has 2 aromatic heterocycles. The number of pyridine rings is 1. The maximum Gasteiger partial charge on any atom is 0.409 e. The van der Waals surface area contributed by atoms with Gasteiger partial charge in [0.25, 0.3) is 0 Å². The molecular weight excluding hydrogens is 334 g/mol. The standard InChI is InChI=1S/C18H27N5O3/c1-4-26-11-10-23-16-15(6-5-8-19-16)21-17(23)20-14-7-9-22(12-13(14)2)18(24)25-3/h5-6,8,13-14H,4,7,9-12H2,1-3H3,(H,20,21). The van der Waals surface area contributed by atoms with Crippen molar-refractivity contribution in [2.75, 3.05) is 38.7 Å². The third-order valence-electron chi connectivity index (χ3n) is 4.82. The number of likely N-dealkylation sites (tertiary alicyclic amines) is 1. The van der Waals surface area contributed by atoms with Crippen LogP contribution in [0.3, 0.4) is 0 Å².